The first-order valence-electron chi connectivity index (χ1n) is 7.68. The second-order valence-corrected chi connectivity index (χ2v) is 5.69. The second kappa shape index (κ2) is 8.17. The fourth-order valence-corrected chi connectivity index (χ4v) is 2.83. The van der Waals surface area contributed by atoms with Crippen molar-refractivity contribution in [3.8, 4) is 5.75 Å². The summed E-state index contributed by atoms with van der Waals surface area (Å²) in [6, 6.07) is 7.56. The lowest BCUT2D eigenvalue weighted by Gasteiger charge is -2.22. The van der Waals surface area contributed by atoms with Crippen molar-refractivity contribution in [2.45, 2.75) is 57.7 Å². The largest absolute Gasteiger partial charge is 0.435 e. The Morgan fingerprint density at radius 2 is 2.19 bits per heavy atom. The van der Waals surface area contributed by atoms with Crippen LogP contribution in [0.5, 0.6) is 5.75 Å². The van der Waals surface area contributed by atoms with Crippen molar-refractivity contribution < 1.29 is 13.5 Å². The zero-order chi connectivity index (χ0) is 15.1. The molecule has 0 aliphatic carbocycles. The molecule has 1 aliphatic heterocycles. The summed E-state index contributed by atoms with van der Waals surface area (Å²) in [5.74, 6) is 0.190. The number of alkyl halides is 2. The maximum atomic E-state index is 12.2. The molecule has 1 saturated heterocycles. The van der Waals surface area contributed by atoms with Gasteiger partial charge in [0.1, 0.15) is 5.75 Å². The standard InChI is InChI=1S/C16H24F2N2O/c1-12(10-13-6-3-2-4-9-19-13)20-14-7-5-8-15(11-14)21-16(17)18/h5,7-8,11-13,16,19-20H,2-4,6,9-10H2,1H3. The minimum absolute atomic E-state index is 0.190. The molecule has 1 aromatic rings. The smallest absolute Gasteiger partial charge is 0.387 e. The van der Waals surface area contributed by atoms with Crippen LogP contribution in [0.1, 0.15) is 39.0 Å². The van der Waals surface area contributed by atoms with E-state index in [-0.39, 0.29) is 11.8 Å². The fourth-order valence-electron chi connectivity index (χ4n) is 2.83. The maximum absolute atomic E-state index is 12.2. The Balaban J connectivity index is 1.85. The van der Waals surface area contributed by atoms with E-state index in [1.54, 1.807) is 12.1 Å². The van der Waals surface area contributed by atoms with Crippen molar-refractivity contribution in [3.05, 3.63) is 24.3 Å². The molecule has 1 aromatic carbocycles. The van der Waals surface area contributed by atoms with Crippen molar-refractivity contribution in [3.63, 3.8) is 0 Å². The van der Waals surface area contributed by atoms with Crippen LogP contribution in [0.15, 0.2) is 24.3 Å². The summed E-state index contributed by atoms with van der Waals surface area (Å²) in [6.45, 7) is 0.426. The Hall–Kier alpha value is -1.36. The van der Waals surface area contributed by atoms with Crippen LogP contribution in [0.3, 0.4) is 0 Å². The highest BCUT2D eigenvalue weighted by atomic mass is 19.3. The van der Waals surface area contributed by atoms with Gasteiger partial charge in [-0.1, -0.05) is 18.9 Å². The van der Waals surface area contributed by atoms with Gasteiger partial charge in [0, 0.05) is 23.8 Å². The topological polar surface area (TPSA) is 33.3 Å². The maximum Gasteiger partial charge on any atom is 0.387 e. The van der Waals surface area contributed by atoms with Crippen LogP contribution < -0.4 is 15.4 Å². The van der Waals surface area contributed by atoms with E-state index in [1.807, 2.05) is 6.07 Å². The molecule has 0 bridgehead atoms. The quantitative estimate of drug-likeness (QED) is 0.832. The highest BCUT2D eigenvalue weighted by molar-refractivity contribution is 5.48. The number of nitrogens with one attached hydrogen (secondary N) is 2. The summed E-state index contributed by atoms with van der Waals surface area (Å²) in [7, 11) is 0. The minimum Gasteiger partial charge on any atom is -0.435 e. The SMILES string of the molecule is CC(CC1CCCCCN1)Nc1cccc(OC(F)F)c1. The third-order valence-corrected chi connectivity index (χ3v) is 3.77. The fraction of sp³-hybridized carbons (Fsp3) is 0.625. The van der Waals surface area contributed by atoms with Gasteiger partial charge in [-0.05, 0) is 44.9 Å². The summed E-state index contributed by atoms with van der Waals surface area (Å²) in [5, 5.41) is 6.93. The van der Waals surface area contributed by atoms with Crippen LogP contribution in [-0.2, 0) is 0 Å². The van der Waals surface area contributed by atoms with Gasteiger partial charge in [0.15, 0.2) is 0 Å². The van der Waals surface area contributed by atoms with Crippen LogP contribution >= 0.6 is 0 Å². The van der Waals surface area contributed by atoms with Crippen molar-refractivity contribution in [1.82, 2.24) is 5.32 Å². The molecule has 118 valence electrons. The molecular weight excluding hydrogens is 274 g/mol. The summed E-state index contributed by atoms with van der Waals surface area (Å²) < 4.78 is 28.8. The molecule has 2 unspecified atom stereocenters. The van der Waals surface area contributed by atoms with E-state index in [0.717, 1.165) is 18.7 Å². The van der Waals surface area contributed by atoms with E-state index in [9.17, 15) is 8.78 Å². The van der Waals surface area contributed by atoms with Gasteiger partial charge in [0.2, 0.25) is 0 Å². The molecule has 1 fully saturated rings. The van der Waals surface area contributed by atoms with E-state index in [0.29, 0.717) is 6.04 Å². The number of rotatable bonds is 6. The lowest BCUT2D eigenvalue weighted by Crippen LogP contribution is -2.33. The number of ether oxygens (including phenoxy) is 1. The van der Waals surface area contributed by atoms with E-state index < -0.39 is 6.61 Å². The Labute approximate surface area is 125 Å². The van der Waals surface area contributed by atoms with Gasteiger partial charge in [-0.2, -0.15) is 8.78 Å². The van der Waals surface area contributed by atoms with Crippen LogP contribution in [0.4, 0.5) is 14.5 Å². The molecule has 2 rings (SSSR count). The molecule has 0 aromatic heterocycles. The van der Waals surface area contributed by atoms with Gasteiger partial charge in [-0.3, -0.25) is 0 Å². The molecule has 2 atom stereocenters. The molecule has 0 saturated carbocycles. The van der Waals surface area contributed by atoms with Crippen LogP contribution in [-0.4, -0.2) is 25.2 Å². The lowest BCUT2D eigenvalue weighted by molar-refractivity contribution is -0.0498. The van der Waals surface area contributed by atoms with Gasteiger partial charge >= 0.3 is 6.61 Å². The van der Waals surface area contributed by atoms with Crippen molar-refractivity contribution in [2.24, 2.45) is 0 Å². The molecule has 3 nitrogen and oxygen atoms in total. The third kappa shape index (κ3) is 5.87. The molecular formula is C16H24F2N2O. The highest BCUT2D eigenvalue weighted by Gasteiger charge is 2.15. The average molecular weight is 298 g/mol. The van der Waals surface area contributed by atoms with Gasteiger partial charge in [0.05, 0.1) is 0 Å². The van der Waals surface area contributed by atoms with E-state index >= 15 is 0 Å². The molecule has 2 N–H and O–H groups in total. The first kappa shape index (κ1) is 16.0. The summed E-state index contributed by atoms with van der Waals surface area (Å²) in [5.41, 5.74) is 0.814. The first-order chi connectivity index (χ1) is 10.1. The van der Waals surface area contributed by atoms with Crippen LogP contribution in [0.2, 0.25) is 0 Å². The summed E-state index contributed by atoms with van der Waals surface area (Å²) >= 11 is 0. The lowest BCUT2D eigenvalue weighted by atomic mass is 10.0. The second-order valence-electron chi connectivity index (χ2n) is 5.69. The zero-order valence-corrected chi connectivity index (χ0v) is 12.4. The number of halogens is 2. The number of hydrogen-bond acceptors (Lipinski definition) is 3. The number of anilines is 1. The van der Waals surface area contributed by atoms with Crippen molar-refractivity contribution in [2.75, 3.05) is 11.9 Å². The summed E-state index contributed by atoms with van der Waals surface area (Å²) in [4.78, 5) is 0. The highest BCUT2D eigenvalue weighted by Crippen LogP contribution is 2.21. The molecule has 1 aliphatic rings. The van der Waals surface area contributed by atoms with Gasteiger partial charge in [0.25, 0.3) is 0 Å². The molecule has 1 heterocycles. The Morgan fingerprint density at radius 1 is 1.33 bits per heavy atom. The molecule has 0 amide bonds. The van der Waals surface area contributed by atoms with Gasteiger partial charge in [-0.25, -0.2) is 0 Å². The molecule has 0 radical (unpaired) electrons. The van der Waals surface area contributed by atoms with E-state index in [1.165, 1.54) is 31.7 Å². The predicted octanol–water partition coefficient (Wildman–Crippen LogP) is 4.01. The van der Waals surface area contributed by atoms with E-state index in [2.05, 4.69) is 22.3 Å². The average Bonchev–Trinajstić information content (AvgIpc) is 2.66. The van der Waals surface area contributed by atoms with E-state index in [4.69, 9.17) is 0 Å². The van der Waals surface area contributed by atoms with Crippen LogP contribution in [0, 0.1) is 0 Å². The Bertz CT molecular complexity index is 420. The molecule has 5 heteroatoms. The monoisotopic (exact) mass is 298 g/mol. The Morgan fingerprint density at radius 3 is 3.00 bits per heavy atom. The summed E-state index contributed by atoms with van der Waals surface area (Å²) in [6.07, 6.45) is 6.08. The van der Waals surface area contributed by atoms with Crippen LogP contribution in [0.25, 0.3) is 0 Å². The Kier molecular flexibility index (Phi) is 6.23. The van der Waals surface area contributed by atoms with Crippen molar-refractivity contribution in [1.29, 1.82) is 0 Å². The predicted molar refractivity (Wildman–Crippen MR) is 81.0 cm³/mol. The molecule has 21 heavy (non-hydrogen) atoms. The third-order valence-electron chi connectivity index (χ3n) is 3.77. The first-order valence-corrected chi connectivity index (χ1v) is 7.68. The van der Waals surface area contributed by atoms with Crippen molar-refractivity contribution >= 4 is 5.69 Å². The normalized spacial score (nSPS) is 20.9. The zero-order valence-electron chi connectivity index (χ0n) is 12.4. The molecule has 0 spiro atoms. The minimum atomic E-state index is -2.78. The number of hydrogen-bond donors (Lipinski definition) is 2. The van der Waals surface area contributed by atoms with Gasteiger partial charge in [-0.15, -0.1) is 0 Å². The number of benzene rings is 1. The van der Waals surface area contributed by atoms with Gasteiger partial charge < -0.3 is 15.4 Å².